The highest BCUT2D eigenvalue weighted by Gasteiger charge is 2.45. The molecule has 5 heteroatoms. The lowest BCUT2D eigenvalue weighted by Gasteiger charge is -2.47. The Labute approximate surface area is 238 Å². The molecule has 1 heterocycles. The van der Waals surface area contributed by atoms with Gasteiger partial charge in [0.25, 0.3) is 0 Å². The van der Waals surface area contributed by atoms with Crippen molar-refractivity contribution in [1.29, 1.82) is 0 Å². The van der Waals surface area contributed by atoms with Gasteiger partial charge in [0.1, 0.15) is 5.75 Å². The summed E-state index contributed by atoms with van der Waals surface area (Å²) < 4.78 is 6.31. The van der Waals surface area contributed by atoms with Gasteiger partial charge in [-0.3, -0.25) is 4.79 Å². The summed E-state index contributed by atoms with van der Waals surface area (Å²) in [5.74, 6) is 0.848. The van der Waals surface area contributed by atoms with Gasteiger partial charge in [-0.25, -0.2) is 0 Å². The molecular weight excluding hydrogens is 486 g/mol. The number of carbonyl (C=O) groups excluding carboxylic acids is 1. The molecule has 1 amide bonds. The molecule has 1 fully saturated rings. The number of hydrogen-bond donors (Lipinski definition) is 2. The van der Waals surface area contributed by atoms with E-state index in [2.05, 4.69) is 25.2 Å². The minimum Gasteiger partial charge on any atom is -0.508 e. The average Bonchev–Trinajstić information content (AvgIpc) is 2.97. The first-order valence-corrected chi connectivity index (χ1v) is 15.6. The number of aliphatic hydroxyl groups excluding tert-OH is 1. The fraction of sp³-hybridized carbons (Fsp3) is 0.676. The lowest BCUT2D eigenvalue weighted by Crippen LogP contribution is -2.43. The second kappa shape index (κ2) is 18.3. The highest BCUT2D eigenvalue weighted by atomic mass is 16.5. The van der Waals surface area contributed by atoms with E-state index in [0.29, 0.717) is 18.9 Å². The number of phenolic OH excluding ortho intramolecular Hbond substituents is 1. The van der Waals surface area contributed by atoms with E-state index in [1.165, 1.54) is 24.8 Å². The van der Waals surface area contributed by atoms with Gasteiger partial charge in [0, 0.05) is 31.3 Å². The van der Waals surface area contributed by atoms with Crippen molar-refractivity contribution in [2.75, 3.05) is 26.8 Å². The number of fused-ring (bicyclic) bond motifs is 2. The maximum Gasteiger partial charge on any atom is 0.222 e. The molecule has 2 aliphatic rings. The lowest BCUT2D eigenvalue weighted by atomic mass is 9.65. The van der Waals surface area contributed by atoms with E-state index in [4.69, 9.17) is 4.74 Å². The van der Waals surface area contributed by atoms with Crippen LogP contribution in [0.25, 0.3) is 0 Å². The van der Waals surface area contributed by atoms with Gasteiger partial charge in [-0.05, 0) is 69.1 Å². The highest BCUT2D eigenvalue weighted by molar-refractivity contribution is 5.75. The van der Waals surface area contributed by atoms with Crippen molar-refractivity contribution in [2.45, 2.75) is 110 Å². The molecule has 5 nitrogen and oxygen atoms in total. The number of amides is 1. The van der Waals surface area contributed by atoms with Gasteiger partial charge in [-0.15, -0.1) is 0 Å². The standard InChI is InChI=1S/C32H49NO4.C2H6/c1-3-4-22-33(2)30(36)15-13-11-9-7-5-6-8-10-12-14-26-20-21-32(24-34)23-29(26)31(37-25-32)27-16-18-28(35)19-17-27;1-2/h8,10,16-20,29,31,34-35H,3-7,9,11-15,21-25H2,1-2H3;1-2H3/b10-8+;. The van der Waals surface area contributed by atoms with Crippen LogP contribution in [0.1, 0.15) is 116 Å². The summed E-state index contributed by atoms with van der Waals surface area (Å²) in [5, 5.41) is 19.7. The Morgan fingerprint density at radius 1 is 1.05 bits per heavy atom. The van der Waals surface area contributed by atoms with Gasteiger partial charge in [0.2, 0.25) is 5.91 Å². The van der Waals surface area contributed by atoms with Crippen molar-refractivity contribution < 1.29 is 19.7 Å². The largest absolute Gasteiger partial charge is 0.508 e. The fourth-order valence-electron chi connectivity index (χ4n) is 5.70. The number of aliphatic hydroxyl groups is 1. The SMILES string of the molecule is CC.CCCCN(C)C(=O)CCCCCCC/C=C/CCC1=CCC2(CO)COC(c3ccc(O)cc3)C1C2. The molecule has 220 valence electrons. The molecule has 2 bridgehead atoms. The van der Waals surface area contributed by atoms with Crippen LogP contribution in [0.3, 0.4) is 0 Å². The molecule has 1 saturated heterocycles. The minimum absolute atomic E-state index is 0.0113. The van der Waals surface area contributed by atoms with E-state index >= 15 is 0 Å². The van der Waals surface area contributed by atoms with Gasteiger partial charge in [-0.2, -0.15) is 0 Å². The molecule has 1 aliphatic carbocycles. The first-order valence-electron chi connectivity index (χ1n) is 15.6. The third-order valence-electron chi connectivity index (χ3n) is 8.22. The predicted octanol–water partition coefficient (Wildman–Crippen LogP) is 8.13. The van der Waals surface area contributed by atoms with Gasteiger partial charge < -0.3 is 19.8 Å². The number of phenols is 1. The molecule has 0 saturated carbocycles. The van der Waals surface area contributed by atoms with Crippen LogP contribution in [-0.2, 0) is 9.53 Å². The summed E-state index contributed by atoms with van der Waals surface area (Å²) in [5.41, 5.74) is 2.40. The Morgan fingerprint density at radius 2 is 1.74 bits per heavy atom. The smallest absolute Gasteiger partial charge is 0.222 e. The second-order valence-electron chi connectivity index (χ2n) is 11.3. The average molecular weight is 542 g/mol. The van der Waals surface area contributed by atoms with Crippen molar-refractivity contribution in [1.82, 2.24) is 4.90 Å². The number of hydrogen-bond acceptors (Lipinski definition) is 4. The van der Waals surface area contributed by atoms with Gasteiger partial charge in [0.15, 0.2) is 0 Å². The van der Waals surface area contributed by atoms with Crippen LogP contribution < -0.4 is 0 Å². The van der Waals surface area contributed by atoms with Crippen LogP contribution in [0.4, 0.5) is 0 Å². The normalized spacial score (nSPS) is 22.2. The maximum absolute atomic E-state index is 12.1. The van der Waals surface area contributed by atoms with E-state index in [0.717, 1.165) is 69.9 Å². The van der Waals surface area contributed by atoms with Gasteiger partial charge >= 0.3 is 0 Å². The van der Waals surface area contributed by atoms with Crippen LogP contribution in [0.15, 0.2) is 48.1 Å². The molecule has 3 unspecified atom stereocenters. The van der Waals surface area contributed by atoms with E-state index in [1.807, 2.05) is 37.9 Å². The Hall–Kier alpha value is -2.11. The number of allylic oxidation sites excluding steroid dienone is 3. The first kappa shape index (κ1) is 33.1. The Kier molecular flexibility index (Phi) is 15.5. The van der Waals surface area contributed by atoms with Crippen molar-refractivity contribution in [3.8, 4) is 5.75 Å². The van der Waals surface area contributed by atoms with Crippen molar-refractivity contribution >= 4 is 5.91 Å². The summed E-state index contributed by atoms with van der Waals surface area (Å²) in [6.45, 7) is 7.80. The van der Waals surface area contributed by atoms with E-state index in [-0.39, 0.29) is 29.8 Å². The highest BCUT2D eigenvalue weighted by Crippen LogP contribution is 2.51. The van der Waals surface area contributed by atoms with Crippen molar-refractivity contribution in [3.63, 3.8) is 0 Å². The predicted molar refractivity (Wildman–Crippen MR) is 162 cm³/mol. The summed E-state index contributed by atoms with van der Waals surface area (Å²) in [4.78, 5) is 14.0. The molecule has 0 radical (unpaired) electrons. The molecule has 39 heavy (non-hydrogen) atoms. The second-order valence-corrected chi connectivity index (χ2v) is 11.3. The van der Waals surface area contributed by atoms with Crippen LogP contribution in [0.2, 0.25) is 0 Å². The molecule has 3 atom stereocenters. The molecular formula is C34H55NO4. The van der Waals surface area contributed by atoms with Crippen LogP contribution in [0, 0.1) is 11.3 Å². The lowest BCUT2D eigenvalue weighted by molar-refractivity contribution is -0.130. The summed E-state index contributed by atoms with van der Waals surface area (Å²) in [7, 11) is 1.93. The molecule has 1 aromatic carbocycles. The number of unbranched alkanes of at least 4 members (excludes halogenated alkanes) is 6. The number of aromatic hydroxyl groups is 1. The maximum atomic E-state index is 12.1. The topological polar surface area (TPSA) is 70.0 Å². The van der Waals surface area contributed by atoms with Crippen molar-refractivity contribution in [3.05, 3.63) is 53.6 Å². The van der Waals surface area contributed by atoms with Crippen LogP contribution in [0.5, 0.6) is 5.75 Å². The minimum atomic E-state index is -0.143. The Bertz CT molecular complexity index is 878. The van der Waals surface area contributed by atoms with E-state index in [9.17, 15) is 15.0 Å². The molecule has 0 spiro atoms. The Balaban J connectivity index is 0.00000260. The third kappa shape index (κ3) is 10.8. The zero-order chi connectivity index (χ0) is 28.5. The molecule has 3 rings (SSSR count). The van der Waals surface area contributed by atoms with E-state index in [1.54, 1.807) is 12.1 Å². The molecule has 1 aromatic rings. The number of ether oxygens (including phenoxy) is 1. The summed E-state index contributed by atoms with van der Waals surface area (Å²) in [6, 6.07) is 7.38. The Morgan fingerprint density at radius 3 is 2.46 bits per heavy atom. The number of rotatable bonds is 16. The number of benzene rings is 1. The fourth-order valence-corrected chi connectivity index (χ4v) is 5.70. The van der Waals surface area contributed by atoms with Crippen molar-refractivity contribution in [2.24, 2.45) is 11.3 Å². The molecule has 0 aromatic heterocycles. The van der Waals surface area contributed by atoms with Crippen LogP contribution >= 0.6 is 0 Å². The van der Waals surface area contributed by atoms with Crippen LogP contribution in [-0.4, -0.2) is 47.8 Å². The summed E-state index contributed by atoms with van der Waals surface area (Å²) >= 11 is 0. The summed E-state index contributed by atoms with van der Waals surface area (Å²) in [6.07, 6.45) is 20.7. The zero-order valence-corrected chi connectivity index (χ0v) is 25.2. The number of carbonyl (C=O) groups is 1. The third-order valence-corrected chi connectivity index (χ3v) is 8.22. The molecule has 2 N–H and O–H groups in total. The first-order chi connectivity index (χ1) is 19.0. The van der Waals surface area contributed by atoms with E-state index < -0.39 is 0 Å². The molecule has 1 aliphatic heterocycles. The number of nitrogens with zero attached hydrogens (tertiary/aromatic N) is 1. The quantitative estimate of drug-likeness (QED) is 0.164. The monoisotopic (exact) mass is 541 g/mol. The van der Waals surface area contributed by atoms with Gasteiger partial charge in [0.05, 0.1) is 19.3 Å². The zero-order valence-electron chi connectivity index (χ0n) is 25.2. The van der Waals surface area contributed by atoms with Gasteiger partial charge in [-0.1, -0.05) is 82.4 Å².